The van der Waals surface area contributed by atoms with E-state index in [0.717, 1.165) is 6.42 Å². The van der Waals surface area contributed by atoms with Gasteiger partial charge in [-0.25, -0.2) is 0 Å². The molecule has 0 aromatic carbocycles. The van der Waals surface area contributed by atoms with Crippen LogP contribution in [0.5, 0.6) is 0 Å². The molecular formula is C16H32. The third-order valence-electron chi connectivity index (χ3n) is 1.55. The molecule has 0 amide bonds. The summed E-state index contributed by atoms with van der Waals surface area (Å²) in [5.41, 5.74) is 3.46. The Morgan fingerprint density at radius 3 is 1.31 bits per heavy atom. The van der Waals surface area contributed by atoms with E-state index >= 15 is 0 Å². The van der Waals surface area contributed by atoms with Gasteiger partial charge in [0.05, 0.1) is 0 Å². The molecule has 0 unspecified atom stereocenters. The predicted octanol–water partition coefficient (Wildman–Crippen LogP) is 6.00. The summed E-state index contributed by atoms with van der Waals surface area (Å²) in [6.45, 7) is 23.5. The van der Waals surface area contributed by atoms with Gasteiger partial charge in [0.1, 0.15) is 0 Å². The zero-order valence-corrected chi connectivity index (χ0v) is 13.0. The van der Waals surface area contributed by atoms with E-state index in [2.05, 4.69) is 75.0 Å². The lowest BCUT2D eigenvalue weighted by atomic mass is 9.89. The van der Waals surface area contributed by atoms with Crippen molar-refractivity contribution in [2.24, 2.45) is 10.8 Å². The van der Waals surface area contributed by atoms with Crippen molar-refractivity contribution in [1.29, 1.82) is 0 Å². The summed E-state index contributed by atoms with van der Waals surface area (Å²) in [6.07, 6.45) is 3.40. The summed E-state index contributed by atoms with van der Waals surface area (Å²) >= 11 is 0. The molecule has 96 valence electrons. The highest BCUT2D eigenvalue weighted by atomic mass is 14.1. The first-order valence-electron chi connectivity index (χ1n) is 6.14. The molecule has 0 saturated carbocycles. The predicted molar refractivity (Wildman–Crippen MR) is 77.8 cm³/mol. The van der Waals surface area contributed by atoms with Crippen LogP contribution in [0.25, 0.3) is 0 Å². The number of hydrogen-bond acceptors (Lipinski definition) is 0. The van der Waals surface area contributed by atoms with Crippen molar-refractivity contribution in [1.82, 2.24) is 0 Å². The zero-order valence-electron chi connectivity index (χ0n) is 13.0. The molecule has 0 aliphatic heterocycles. The van der Waals surface area contributed by atoms with Crippen LogP contribution in [0.15, 0.2) is 23.8 Å². The van der Waals surface area contributed by atoms with E-state index in [-0.39, 0.29) is 0 Å². The Labute approximate surface area is 104 Å². The summed E-state index contributed by atoms with van der Waals surface area (Å²) in [6, 6.07) is 0. The lowest BCUT2D eigenvalue weighted by molar-refractivity contribution is 0.410. The molecule has 0 fully saturated rings. The van der Waals surface area contributed by atoms with E-state index in [4.69, 9.17) is 0 Å². The topological polar surface area (TPSA) is 0 Å². The van der Waals surface area contributed by atoms with E-state index in [0.29, 0.717) is 10.8 Å². The molecule has 0 spiro atoms. The SMILES string of the molecule is C=C(C)CC(C)(C)C.CC(C)=CC(C)(C)C. The molecule has 0 rings (SSSR count). The molecule has 0 aromatic heterocycles. The summed E-state index contributed by atoms with van der Waals surface area (Å²) in [4.78, 5) is 0. The molecule has 0 aliphatic carbocycles. The first-order chi connectivity index (χ1) is 6.83. The van der Waals surface area contributed by atoms with Crippen LogP contribution < -0.4 is 0 Å². The molecule has 0 atom stereocenters. The molecule has 0 nitrogen and oxygen atoms in total. The van der Waals surface area contributed by atoms with E-state index in [1.54, 1.807) is 0 Å². The van der Waals surface area contributed by atoms with Crippen molar-refractivity contribution in [3.8, 4) is 0 Å². The number of hydrogen-bond donors (Lipinski definition) is 0. The molecule has 0 aromatic rings. The summed E-state index contributed by atoms with van der Waals surface area (Å²) < 4.78 is 0. The van der Waals surface area contributed by atoms with Crippen molar-refractivity contribution >= 4 is 0 Å². The largest absolute Gasteiger partial charge is 0.100 e. The average molecular weight is 224 g/mol. The Bertz CT molecular complexity index is 224. The monoisotopic (exact) mass is 224 g/mol. The standard InChI is InChI=1S/2C8H16/c2*1-7(2)6-8(3,4)5/h6H,1-5H3;1,6H2,2-5H3. The first kappa shape index (κ1) is 17.9. The van der Waals surface area contributed by atoms with Gasteiger partial charge in [-0.1, -0.05) is 58.8 Å². The van der Waals surface area contributed by atoms with Crippen LogP contribution in [0.4, 0.5) is 0 Å². The van der Waals surface area contributed by atoms with Crippen molar-refractivity contribution < 1.29 is 0 Å². The van der Waals surface area contributed by atoms with Crippen LogP contribution in [0, 0.1) is 10.8 Å². The molecular weight excluding hydrogens is 192 g/mol. The van der Waals surface area contributed by atoms with Crippen molar-refractivity contribution in [2.75, 3.05) is 0 Å². The third kappa shape index (κ3) is 23.4. The first-order valence-corrected chi connectivity index (χ1v) is 6.14. The second-order valence-electron chi connectivity index (χ2n) is 7.28. The minimum atomic E-state index is 0.360. The van der Waals surface area contributed by atoms with E-state index in [1.165, 1.54) is 11.1 Å². The van der Waals surface area contributed by atoms with Gasteiger partial charge in [0.2, 0.25) is 0 Å². The highest BCUT2D eigenvalue weighted by Gasteiger charge is 2.08. The molecule has 0 bridgehead atoms. The van der Waals surface area contributed by atoms with Gasteiger partial charge in [0, 0.05) is 0 Å². The van der Waals surface area contributed by atoms with Crippen LogP contribution in [-0.4, -0.2) is 0 Å². The molecule has 16 heavy (non-hydrogen) atoms. The molecule has 0 radical (unpaired) electrons. The van der Waals surface area contributed by atoms with Crippen molar-refractivity contribution in [2.45, 2.75) is 68.7 Å². The lowest BCUT2D eigenvalue weighted by Crippen LogP contribution is -2.03. The second kappa shape index (κ2) is 6.93. The summed E-state index contributed by atoms with van der Waals surface area (Å²) in [5.74, 6) is 0. The highest BCUT2D eigenvalue weighted by Crippen LogP contribution is 2.22. The van der Waals surface area contributed by atoms with E-state index in [1.807, 2.05) is 0 Å². The Morgan fingerprint density at radius 1 is 0.938 bits per heavy atom. The van der Waals surface area contributed by atoms with Gasteiger partial charge in [-0.2, -0.15) is 0 Å². The molecule has 0 N–H and O–H groups in total. The van der Waals surface area contributed by atoms with E-state index in [9.17, 15) is 0 Å². The minimum Gasteiger partial charge on any atom is -0.100 e. The maximum atomic E-state index is 3.84. The quantitative estimate of drug-likeness (QED) is 0.479. The molecule has 0 aliphatic rings. The molecule has 0 heterocycles. The van der Waals surface area contributed by atoms with Crippen molar-refractivity contribution in [3.63, 3.8) is 0 Å². The fourth-order valence-corrected chi connectivity index (χ4v) is 1.77. The fraction of sp³-hybridized carbons (Fsp3) is 0.750. The van der Waals surface area contributed by atoms with Gasteiger partial charge in [-0.05, 0) is 38.0 Å². The maximum absolute atomic E-state index is 3.84. The van der Waals surface area contributed by atoms with Gasteiger partial charge in [0.25, 0.3) is 0 Å². The molecule has 0 saturated heterocycles. The summed E-state index contributed by atoms with van der Waals surface area (Å²) in [5, 5.41) is 0. The average Bonchev–Trinajstić information content (AvgIpc) is 1.72. The Hall–Kier alpha value is -0.520. The smallest absolute Gasteiger partial charge is 0.0201 e. The van der Waals surface area contributed by atoms with Crippen LogP contribution in [-0.2, 0) is 0 Å². The molecule has 0 heteroatoms. The van der Waals surface area contributed by atoms with Gasteiger partial charge >= 0.3 is 0 Å². The maximum Gasteiger partial charge on any atom is -0.0201 e. The van der Waals surface area contributed by atoms with Gasteiger partial charge < -0.3 is 0 Å². The number of allylic oxidation sites excluding steroid dienone is 3. The van der Waals surface area contributed by atoms with Crippen LogP contribution in [0.3, 0.4) is 0 Å². The number of rotatable bonds is 1. The second-order valence-corrected chi connectivity index (χ2v) is 7.28. The van der Waals surface area contributed by atoms with Gasteiger partial charge in [0.15, 0.2) is 0 Å². The van der Waals surface area contributed by atoms with Gasteiger partial charge in [-0.15, -0.1) is 6.58 Å². The summed E-state index contributed by atoms with van der Waals surface area (Å²) in [7, 11) is 0. The van der Waals surface area contributed by atoms with Crippen LogP contribution in [0.2, 0.25) is 0 Å². The Balaban J connectivity index is 0. The normalized spacial score (nSPS) is 11.3. The third-order valence-corrected chi connectivity index (χ3v) is 1.55. The van der Waals surface area contributed by atoms with Crippen LogP contribution in [0.1, 0.15) is 68.7 Å². The van der Waals surface area contributed by atoms with E-state index < -0.39 is 0 Å². The fourth-order valence-electron chi connectivity index (χ4n) is 1.77. The zero-order chi connectivity index (χ0) is 13.6. The van der Waals surface area contributed by atoms with Gasteiger partial charge in [-0.3, -0.25) is 0 Å². The highest BCUT2D eigenvalue weighted by molar-refractivity contribution is 5.00. The Morgan fingerprint density at radius 2 is 1.31 bits per heavy atom. The Kier molecular flexibility index (Phi) is 7.74. The van der Waals surface area contributed by atoms with Crippen LogP contribution >= 0.6 is 0 Å². The minimum absolute atomic E-state index is 0.360. The van der Waals surface area contributed by atoms with Crippen molar-refractivity contribution in [3.05, 3.63) is 23.8 Å². The lowest BCUT2D eigenvalue weighted by Gasteiger charge is -2.17.